The Bertz CT molecular complexity index is 1290. The molecule has 0 atom stereocenters. The minimum Gasteiger partial charge on any atom is -0.456 e. The second kappa shape index (κ2) is 6.68. The van der Waals surface area contributed by atoms with Crippen LogP contribution in [0.15, 0.2) is 95.4 Å². The lowest BCUT2D eigenvalue weighted by atomic mass is 9.80. The summed E-state index contributed by atoms with van der Waals surface area (Å²) in [6.07, 6.45) is 0. The minimum absolute atomic E-state index is 0.416. The molecule has 0 spiro atoms. The maximum Gasteiger partial charge on any atom is 0.488 e. The van der Waals surface area contributed by atoms with Gasteiger partial charge in [-0.2, -0.15) is 0 Å². The van der Waals surface area contributed by atoms with E-state index in [9.17, 15) is 10.0 Å². The van der Waals surface area contributed by atoms with Gasteiger partial charge in [0, 0.05) is 10.8 Å². The molecule has 0 fully saturated rings. The van der Waals surface area contributed by atoms with Gasteiger partial charge in [0.05, 0.1) is 0 Å². The molecule has 0 radical (unpaired) electrons. The van der Waals surface area contributed by atoms with Gasteiger partial charge < -0.3 is 14.5 Å². The molecule has 1 aromatic heterocycles. The predicted molar refractivity (Wildman–Crippen MR) is 114 cm³/mol. The molecule has 0 aliphatic carbocycles. The van der Waals surface area contributed by atoms with Crippen molar-refractivity contribution in [3.63, 3.8) is 0 Å². The van der Waals surface area contributed by atoms with Gasteiger partial charge in [-0.1, -0.05) is 72.8 Å². The van der Waals surface area contributed by atoms with Gasteiger partial charge in [-0.15, -0.1) is 0 Å². The van der Waals surface area contributed by atoms with E-state index in [1.54, 1.807) is 12.1 Å². The molecule has 0 unspecified atom stereocenters. The lowest BCUT2D eigenvalue weighted by molar-refractivity contribution is 0.425. The number of furan rings is 1. The lowest BCUT2D eigenvalue weighted by Gasteiger charge is -2.07. The van der Waals surface area contributed by atoms with Crippen molar-refractivity contribution in [1.29, 1.82) is 0 Å². The molecular weight excluding hydrogens is 347 g/mol. The average Bonchev–Trinajstić information content (AvgIpc) is 3.12. The molecule has 1 heterocycles. The van der Waals surface area contributed by atoms with E-state index in [4.69, 9.17) is 4.42 Å². The molecule has 0 aliphatic heterocycles. The highest BCUT2D eigenvalue weighted by Crippen LogP contribution is 2.37. The van der Waals surface area contributed by atoms with Gasteiger partial charge in [0.2, 0.25) is 0 Å². The van der Waals surface area contributed by atoms with E-state index in [0.717, 1.165) is 33.0 Å². The van der Waals surface area contributed by atoms with Crippen LogP contribution in [0, 0.1) is 0 Å². The first-order valence-electron chi connectivity index (χ1n) is 9.18. The van der Waals surface area contributed by atoms with Crippen LogP contribution in [0.4, 0.5) is 0 Å². The van der Waals surface area contributed by atoms with Crippen LogP contribution in [0.5, 0.6) is 0 Å². The largest absolute Gasteiger partial charge is 0.488 e. The van der Waals surface area contributed by atoms with E-state index >= 15 is 0 Å². The van der Waals surface area contributed by atoms with Gasteiger partial charge in [-0.3, -0.25) is 0 Å². The van der Waals surface area contributed by atoms with Crippen LogP contribution in [0.2, 0.25) is 0 Å². The average molecular weight is 364 g/mol. The monoisotopic (exact) mass is 364 g/mol. The van der Waals surface area contributed by atoms with Crippen molar-refractivity contribution in [3.05, 3.63) is 91.0 Å². The lowest BCUT2D eigenvalue weighted by Crippen LogP contribution is -2.29. The van der Waals surface area contributed by atoms with E-state index in [1.165, 1.54) is 5.56 Å². The maximum absolute atomic E-state index is 9.44. The maximum atomic E-state index is 9.44. The topological polar surface area (TPSA) is 53.6 Å². The predicted octanol–water partition coefficient (Wildman–Crippen LogP) is 4.60. The zero-order valence-corrected chi connectivity index (χ0v) is 15.0. The summed E-state index contributed by atoms with van der Waals surface area (Å²) in [5.74, 6) is 0. The number of hydrogen-bond donors (Lipinski definition) is 2. The van der Waals surface area contributed by atoms with Gasteiger partial charge in [0.1, 0.15) is 11.2 Å². The van der Waals surface area contributed by atoms with Crippen molar-refractivity contribution in [2.75, 3.05) is 0 Å². The van der Waals surface area contributed by atoms with Crippen LogP contribution in [0.25, 0.3) is 44.2 Å². The number of rotatable bonds is 3. The van der Waals surface area contributed by atoms with Crippen molar-refractivity contribution in [2.24, 2.45) is 0 Å². The van der Waals surface area contributed by atoms with Gasteiger partial charge in [-0.05, 0) is 45.9 Å². The molecule has 28 heavy (non-hydrogen) atoms. The molecule has 0 amide bonds. The molecule has 0 saturated heterocycles. The molecule has 5 rings (SSSR count). The fraction of sp³-hybridized carbons (Fsp3) is 0. The third-order valence-corrected chi connectivity index (χ3v) is 5.10. The Kier molecular flexibility index (Phi) is 4.01. The molecule has 5 aromatic rings. The van der Waals surface area contributed by atoms with E-state index in [-0.39, 0.29) is 0 Å². The first-order valence-corrected chi connectivity index (χ1v) is 9.18. The molecule has 4 heteroatoms. The molecule has 0 aliphatic rings. The second-order valence-electron chi connectivity index (χ2n) is 6.86. The molecule has 134 valence electrons. The van der Waals surface area contributed by atoms with Crippen LogP contribution < -0.4 is 5.46 Å². The first kappa shape index (κ1) is 16.8. The minimum atomic E-state index is -1.51. The summed E-state index contributed by atoms with van der Waals surface area (Å²) < 4.78 is 6.00. The zero-order valence-electron chi connectivity index (χ0n) is 15.0. The van der Waals surface area contributed by atoms with Crippen molar-refractivity contribution in [1.82, 2.24) is 0 Å². The SMILES string of the molecule is OB(O)c1ccc2c(c1)oc1cccc(-c3cccc(-c4ccccc4)c3)c12. The summed E-state index contributed by atoms with van der Waals surface area (Å²) in [7, 11) is -1.51. The van der Waals surface area contributed by atoms with Crippen molar-refractivity contribution < 1.29 is 14.5 Å². The quantitative estimate of drug-likeness (QED) is 0.460. The van der Waals surface area contributed by atoms with Crippen LogP contribution in [0.1, 0.15) is 0 Å². The summed E-state index contributed by atoms with van der Waals surface area (Å²) >= 11 is 0. The molecule has 0 saturated carbocycles. The zero-order chi connectivity index (χ0) is 19.1. The molecule has 2 N–H and O–H groups in total. The summed E-state index contributed by atoms with van der Waals surface area (Å²) in [5.41, 5.74) is 6.38. The van der Waals surface area contributed by atoms with Crippen molar-refractivity contribution in [3.8, 4) is 22.3 Å². The summed E-state index contributed by atoms with van der Waals surface area (Å²) in [5, 5.41) is 20.9. The molecule has 4 aromatic carbocycles. The van der Waals surface area contributed by atoms with Gasteiger partial charge in [0.25, 0.3) is 0 Å². The smallest absolute Gasteiger partial charge is 0.456 e. The van der Waals surface area contributed by atoms with Crippen molar-refractivity contribution in [2.45, 2.75) is 0 Å². The fourth-order valence-corrected chi connectivity index (χ4v) is 3.74. The van der Waals surface area contributed by atoms with Crippen LogP contribution in [0.3, 0.4) is 0 Å². The third kappa shape index (κ3) is 2.80. The van der Waals surface area contributed by atoms with E-state index in [2.05, 4.69) is 42.5 Å². The van der Waals surface area contributed by atoms with Gasteiger partial charge >= 0.3 is 7.12 Å². The summed E-state index contributed by atoms with van der Waals surface area (Å²) in [4.78, 5) is 0. The molecule has 3 nitrogen and oxygen atoms in total. The summed E-state index contributed by atoms with van der Waals surface area (Å²) in [6, 6.07) is 30.1. The Balaban J connectivity index is 1.72. The van der Waals surface area contributed by atoms with Crippen molar-refractivity contribution >= 4 is 34.5 Å². The number of fused-ring (bicyclic) bond motifs is 3. The van der Waals surface area contributed by atoms with Gasteiger partial charge in [-0.25, -0.2) is 0 Å². The Morgan fingerprint density at radius 1 is 0.607 bits per heavy atom. The highest BCUT2D eigenvalue weighted by atomic mass is 16.4. The van der Waals surface area contributed by atoms with Crippen LogP contribution in [-0.4, -0.2) is 17.2 Å². The Hall–Kier alpha value is -3.34. The molecular formula is C24H17BO3. The van der Waals surface area contributed by atoms with Gasteiger partial charge in [0.15, 0.2) is 0 Å². The van der Waals surface area contributed by atoms with E-state index in [0.29, 0.717) is 11.0 Å². The molecule has 0 bridgehead atoms. The Morgan fingerprint density at radius 2 is 1.36 bits per heavy atom. The Labute approximate surface area is 162 Å². The third-order valence-electron chi connectivity index (χ3n) is 5.10. The van der Waals surface area contributed by atoms with E-state index < -0.39 is 7.12 Å². The normalized spacial score (nSPS) is 11.2. The second-order valence-corrected chi connectivity index (χ2v) is 6.86. The highest BCUT2D eigenvalue weighted by molar-refractivity contribution is 6.59. The first-order chi connectivity index (χ1) is 13.7. The standard InChI is InChI=1S/C24H17BO3/c26-25(27)19-12-13-21-23(15-19)28-22-11-5-10-20(24(21)22)18-9-4-8-17(14-18)16-6-2-1-3-7-16/h1-15,26-27H. The highest BCUT2D eigenvalue weighted by Gasteiger charge is 2.16. The van der Waals surface area contributed by atoms with Crippen LogP contribution in [-0.2, 0) is 0 Å². The summed E-state index contributed by atoms with van der Waals surface area (Å²) in [6.45, 7) is 0. The number of hydrogen-bond acceptors (Lipinski definition) is 3. The Morgan fingerprint density at radius 3 is 2.18 bits per heavy atom. The number of benzene rings is 4. The van der Waals surface area contributed by atoms with Crippen LogP contribution >= 0.6 is 0 Å². The fourth-order valence-electron chi connectivity index (χ4n) is 3.74. The van der Waals surface area contributed by atoms with E-state index in [1.807, 2.05) is 36.4 Å².